The van der Waals surface area contributed by atoms with Crippen LogP contribution in [0.25, 0.3) is 0 Å². The van der Waals surface area contributed by atoms with Gasteiger partial charge in [-0.2, -0.15) is 0 Å². The number of carbonyl (C=O) groups excluding carboxylic acids is 3. The van der Waals surface area contributed by atoms with Gasteiger partial charge in [-0.3, -0.25) is 9.59 Å². The van der Waals surface area contributed by atoms with E-state index in [1.165, 1.54) is 12.1 Å². The van der Waals surface area contributed by atoms with Gasteiger partial charge in [0.05, 0.1) is 0 Å². The minimum Gasteiger partial charge on any atom is -0.508 e. The summed E-state index contributed by atoms with van der Waals surface area (Å²) >= 11 is 0. The molecule has 3 unspecified atom stereocenters. The number of phenolic OH excluding ortho intramolecular Hbond substituents is 1. The molecule has 0 spiro atoms. The number of ether oxygens (including phenoxy) is 1. The third kappa shape index (κ3) is 7.92. The van der Waals surface area contributed by atoms with E-state index >= 15 is 0 Å². The molecule has 1 fully saturated rings. The van der Waals surface area contributed by atoms with E-state index in [1.807, 2.05) is 34.6 Å². The van der Waals surface area contributed by atoms with E-state index in [0.29, 0.717) is 12.0 Å². The number of phenols is 1. The van der Waals surface area contributed by atoms with Gasteiger partial charge in [-0.25, -0.2) is 4.79 Å². The van der Waals surface area contributed by atoms with Crippen LogP contribution in [-0.2, 0) is 14.3 Å². The molecule has 0 heterocycles. The van der Waals surface area contributed by atoms with E-state index in [9.17, 15) is 19.5 Å². The number of carbonyl (C=O) groups is 3. The second-order valence-electron chi connectivity index (χ2n) is 11.2. The van der Waals surface area contributed by atoms with Gasteiger partial charge >= 0.3 is 6.09 Å². The van der Waals surface area contributed by atoms with Crippen LogP contribution in [0, 0.1) is 5.92 Å². The number of benzene rings is 1. The maximum absolute atomic E-state index is 14.0. The molecule has 0 saturated heterocycles. The third-order valence-corrected chi connectivity index (χ3v) is 5.58. The molecule has 3 amide bonds. The van der Waals surface area contributed by atoms with Crippen molar-refractivity contribution in [3.63, 3.8) is 0 Å². The molecule has 190 valence electrons. The van der Waals surface area contributed by atoms with Gasteiger partial charge in [0, 0.05) is 11.6 Å². The minimum absolute atomic E-state index is 0.0760. The lowest BCUT2D eigenvalue weighted by Crippen LogP contribution is -2.57. The van der Waals surface area contributed by atoms with Gasteiger partial charge in [0.15, 0.2) is 0 Å². The molecule has 0 aromatic heterocycles. The SMILES string of the molecule is CCC(C)C(NC(=O)OC(C)(C)C)C(=O)N(C1CC1)C(C(=O)NC(C)(C)C)c1ccc(O)cc1. The number of nitrogens with zero attached hydrogens (tertiary/aromatic N) is 1. The van der Waals surface area contributed by atoms with E-state index in [1.54, 1.807) is 37.8 Å². The first kappa shape index (κ1) is 27.5. The molecule has 1 aliphatic rings. The van der Waals surface area contributed by atoms with Crippen molar-refractivity contribution in [2.45, 2.75) is 104 Å². The monoisotopic (exact) mass is 475 g/mol. The fourth-order valence-electron chi connectivity index (χ4n) is 3.68. The molecule has 1 aliphatic carbocycles. The summed E-state index contributed by atoms with van der Waals surface area (Å²) in [6.07, 6.45) is 1.55. The van der Waals surface area contributed by atoms with Gasteiger partial charge in [-0.1, -0.05) is 32.4 Å². The van der Waals surface area contributed by atoms with Crippen LogP contribution in [0.1, 0.15) is 86.3 Å². The highest BCUT2D eigenvalue weighted by Gasteiger charge is 2.45. The van der Waals surface area contributed by atoms with Crippen LogP contribution in [0.4, 0.5) is 4.79 Å². The molecule has 0 bridgehead atoms. The Morgan fingerprint density at radius 1 is 1.09 bits per heavy atom. The number of nitrogens with one attached hydrogen (secondary N) is 2. The molecule has 0 radical (unpaired) electrons. The highest BCUT2D eigenvalue weighted by Crippen LogP contribution is 2.37. The molecule has 8 nitrogen and oxygen atoms in total. The molecule has 3 atom stereocenters. The minimum atomic E-state index is -0.896. The van der Waals surface area contributed by atoms with Gasteiger partial charge in [0.1, 0.15) is 23.4 Å². The summed E-state index contributed by atoms with van der Waals surface area (Å²) in [5, 5.41) is 15.5. The number of aromatic hydroxyl groups is 1. The molecular formula is C26H41N3O5. The van der Waals surface area contributed by atoms with Crippen molar-refractivity contribution < 1.29 is 24.2 Å². The Bertz CT molecular complexity index is 866. The van der Waals surface area contributed by atoms with Crippen molar-refractivity contribution in [1.29, 1.82) is 0 Å². The zero-order valence-corrected chi connectivity index (χ0v) is 21.8. The van der Waals surface area contributed by atoms with Crippen LogP contribution in [0.2, 0.25) is 0 Å². The summed E-state index contributed by atoms with van der Waals surface area (Å²) in [4.78, 5) is 41.7. The fraction of sp³-hybridized carbons (Fsp3) is 0.654. The van der Waals surface area contributed by atoms with Crippen LogP contribution < -0.4 is 10.6 Å². The van der Waals surface area contributed by atoms with Crippen molar-refractivity contribution in [3.05, 3.63) is 29.8 Å². The maximum Gasteiger partial charge on any atom is 0.408 e. The third-order valence-electron chi connectivity index (χ3n) is 5.58. The van der Waals surface area contributed by atoms with Crippen molar-refractivity contribution >= 4 is 17.9 Å². The van der Waals surface area contributed by atoms with Gasteiger partial charge in [0.2, 0.25) is 11.8 Å². The Hall–Kier alpha value is -2.77. The molecule has 0 aliphatic heterocycles. The molecule has 34 heavy (non-hydrogen) atoms. The van der Waals surface area contributed by atoms with E-state index in [4.69, 9.17) is 4.74 Å². The first-order chi connectivity index (χ1) is 15.6. The fourth-order valence-corrected chi connectivity index (χ4v) is 3.68. The lowest BCUT2D eigenvalue weighted by Gasteiger charge is -2.37. The van der Waals surface area contributed by atoms with Crippen molar-refractivity contribution in [1.82, 2.24) is 15.5 Å². The molecule has 1 aromatic carbocycles. The van der Waals surface area contributed by atoms with E-state index in [0.717, 1.165) is 12.8 Å². The molecule has 1 aromatic rings. The Balaban J connectivity index is 2.47. The summed E-state index contributed by atoms with van der Waals surface area (Å²) in [6, 6.07) is 4.48. The molecular weight excluding hydrogens is 434 g/mol. The van der Waals surface area contributed by atoms with Crippen LogP contribution in [0.15, 0.2) is 24.3 Å². The maximum atomic E-state index is 14.0. The lowest BCUT2D eigenvalue weighted by atomic mass is 9.95. The first-order valence-electron chi connectivity index (χ1n) is 12.1. The topological polar surface area (TPSA) is 108 Å². The van der Waals surface area contributed by atoms with Gasteiger partial charge in [-0.15, -0.1) is 0 Å². The standard InChI is InChI=1S/C26H41N3O5/c1-9-16(2)20(27-24(33)34-26(6,7)8)23(32)29(18-12-13-18)21(22(31)28-25(3,4)5)17-10-14-19(30)15-11-17/h10-11,14-16,18,20-21,30H,9,12-13H2,1-8H3,(H,27,33)(H,28,31). The summed E-state index contributed by atoms with van der Waals surface area (Å²) in [6.45, 7) is 14.8. The highest BCUT2D eigenvalue weighted by atomic mass is 16.6. The zero-order valence-electron chi connectivity index (χ0n) is 21.8. The molecule has 2 rings (SSSR count). The summed E-state index contributed by atoms with van der Waals surface area (Å²) < 4.78 is 5.41. The highest BCUT2D eigenvalue weighted by molar-refractivity contribution is 5.93. The number of hydrogen-bond donors (Lipinski definition) is 3. The predicted octanol–water partition coefficient (Wildman–Crippen LogP) is 4.28. The van der Waals surface area contributed by atoms with Crippen molar-refractivity contribution in [3.8, 4) is 5.75 Å². The first-order valence-corrected chi connectivity index (χ1v) is 12.1. The summed E-state index contributed by atoms with van der Waals surface area (Å²) in [5.74, 6) is -0.719. The molecule has 8 heteroatoms. The second kappa shape index (κ2) is 10.7. The van der Waals surface area contributed by atoms with E-state index < -0.39 is 29.3 Å². The van der Waals surface area contributed by atoms with Crippen molar-refractivity contribution in [2.24, 2.45) is 5.92 Å². The predicted molar refractivity (Wildman–Crippen MR) is 131 cm³/mol. The number of amides is 3. The number of rotatable bonds is 8. The van der Waals surface area contributed by atoms with Crippen LogP contribution in [0.3, 0.4) is 0 Å². The van der Waals surface area contributed by atoms with E-state index in [-0.39, 0.29) is 29.5 Å². The number of hydrogen-bond acceptors (Lipinski definition) is 5. The Morgan fingerprint density at radius 3 is 2.09 bits per heavy atom. The second-order valence-corrected chi connectivity index (χ2v) is 11.2. The lowest BCUT2D eigenvalue weighted by molar-refractivity contribution is -0.144. The Labute approximate surface area is 203 Å². The largest absolute Gasteiger partial charge is 0.508 e. The van der Waals surface area contributed by atoms with Crippen LogP contribution in [-0.4, -0.2) is 51.1 Å². The van der Waals surface area contributed by atoms with Crippen molar-refractivity contribution in [2.75, 3.05) is 0 Å². The van der Waals surface area contributed by atoms with Crippen LogP contribution >= 0.6 is 0 Å². The summed E-state index contributed by atoms with van der Waals surface area (Å²) in [7, 11) is 0. The molecule has 3 N–H and O–H groups in total. The smallest absolute Gasteiger partial charge is 0.408 e. The Morgan fingerprint density at radius 2 is 1.65 bits per heavy atom. The average molecular weight is 476 g/mol. The van der Waals surface area contributed by atoms with Crippen LogP contribution in [0.5, 0.6) is 5.75 Å². The quantitative estimate of drug-likeness (QED) is 0.520. The van der Waals surface area contributed by atoms with Gasteiger partial charge < -0.3 is 25.4 Å². The zero-order chi connectivity index (χ0) is 25.8. The normalized spacial score (nSPS) is 16.7. The van der Waals surface area contributed by atoms with Gasteiger partial charge in [-0.05, 0) is 78.0 Å². The Kier molecular flexibility index (Phi) is 8.61. The molecule has 1 saturated carbocycles. The summed E-state index contributed by atoms with van der Waals surface area (Å²) in [5.41, 5.74) is -0.611. The van der Waals surface area contributed by atoms with Gasteiger partial charge in [0.25, 0.3) is 0 Å². The number of alkyl carbamates (subject to hydrolysis) is 1. The average Bonchev–Trinajstić information content (AvgIpc) is 3.52. The van der Waals surface area contributed by atoms with E-state index in [2.05, 4.69) is 10.6 Å².